The summed E-state index contributed by atoms with van der Waals surface area (Å²) in [6, 6.07) is 23.3. The summed E-state index contributed by atoms with van der Waals surface area (Å²) < 4.78 is 22.1. The lowest BCUT2D eigenvalue weighted by Gasteiger charge is -2.18. The van der Waals surface area contributed by atoms with E-state index in [1.54, 1.807) is 42.5 Å². The predicted octanol–water partition coefficient (Wildman–Crippen LogP) is 5.41. The van der Waals surface area contributed by atoms with Crippen LogP contribution in [0.4, 0.5) is 11.4 Å². The van der Waals surface area contributed by atoms with E-state index in [0.717, 1.165) is 11.1 Å². The van der Waals surface area contributed by atoms with Crippen molar-refractivity contribution in [2.24, 2.45) is 16.5 Å². The van der Waals surface area contributed by atoms with Gasteiger partial charge in [0.05, 0.1) is 38.1 Å². The summed E-state index contributed by atoms with van der Waals surface area (Å²) in [7, 11) is 4.26. The number of hydrogen-bond acceptors (Lipinski definition) is 7. The number of carbonyl (C=O) groups excluding carboxylic acids is 2. The second-order valence-corrected chi connectivity index (χ2v) is 9.18. The third kappa shape index (κ3) is 7.55. The minimum atomic E-state index is -0.754. The van der Waals surface area contributed by atoms with Gasteiger partial charge in [0.1, 0.15) is 18.2 Å². The van der Waals surface area contributed by atoms with Crippen molar-refractivity contribution in [3.05, 3.63) is 107 Å². The SMILES string of the molecule is COc1cc(C(N)=O)c(C(N)=Nc2ccc(C)c(NC(=O)c3ccc(OCc4ccccc4)cc3)c2)c(OC)c1OC.Cl. The first-order valence-corrected chi connectivity index (χ1v) is 12.9. The number of primary amides is 1. The van der Waals surface area contributed by atoms with Crippen LogP contribution < -0.4 is 35.7 Å². The standard InChI is InChI=1S/C32H32N4O6.ClH/c1-19-10-13-22(35-30(33)27-24(31(34)37)17-26(39-2)28(40-3)29(27)41-4)16-25(19)36-32(38)21-11-14-23(15-12-21)42-18-20-8-6-5-7-9-20;/h5-17H,18H2,1-4H3,(H2,33,35)(H2,34,37)(H,36,38);1H. The van der Waals surface area contributed by atoms with Crippen molar-refractivity contribution in [1.82, 2.24) is 0 Å². The Balaban J connectivity index is 0.00000506. The number of amidine groups is 1. The number of anilines is 1. The molecule has 0 unspecified atom stereocenters. The summed E-state index contributed by atoms with van der Waals surface area (Å²) in [5, 5.41) is 2.92. The number of benzene rings is 4. The topological polar surface area (TPSA) is 147 Å². The molecule has 0 fully saturated rings. The van der Waals surface area contributed by atoms with Crippen LogP contribution in [0.5, 0.6) is 23.0 Å². The minimum Gasteiger partial charge on any atom is -0.493 e. The Morgan fingerprint density at radius 2 is 1.51 bits per heavy atom. The molecule has 10 nitrogen and oxygen atoms in total. The minimum absolute atomic E-state index is 0. The third-order valence-corrected chi connectivity index (χ3v) is 6.44. The Hall–Kier alpha value is -5.22. The number of aliphatic imine (C=N–C) groups is 1. The molecule has 5 N–H and O–H groups in total. The number of nitrogens with two attached hydrogens (primary N) is 2. The van der Waals surface area contributed by atoms with E-state index in [-0.39, 0.29) is 52.5 Å². The monoisotopic (exact) mass is 604 g/mol. The quantitative estimate of drug-likeness (QED) is 0.153. The Morgan fingerprint density at radius 1 is 0.837 bits per heavy atom. The van der Waals surface area contributed by atoms with Crippen LogP contribution in [0.25, 0.3) is 0 Å². The summed E-state index contributed by atoms with van der Waals surface area (Å²) >= 11 is 0. The number of ether oxygens (including phenoxy) is 4. The Bertz CT molecular complexity index is 1630. The van der Waals surface area contributed by atoms with Crippen LogP contribution in [0, 0.1) is 6.92 Å². The molecule has 0 aliphatic heterocycles. The number of amides is 2. The van der Waals surface area contributed by atoms with Crippen LogP contribution in [0.2, 0.25) is 0 Å². The van der Waals surface area contributed by atoms with Gasteiger partial charge in [-0.05, 0) is 60.5 Å². The average molecular weight is 605 g/mol. The van der Waals surface area contributed by atoms with Gasteiger partial charge in [0.15, 0.2) is 11.5 Å². The maximum atomic E-state index is 13.0. The van der Waals surface area contributed by atoms with Crippen molar-refractivity contribution in [1.29, 1.82) is 0 Å². The van der Waals surface area contributed by atoms with E-state index in [4.69, 9.17) is 30.4 Å². The van der Waals surface area contributed by atoms with Crippen molar-refractivity contribution in [3.63, 3.8) is 0 Å². The van der Waals surface area contributed by atoms with E-state index < -0.39 is 5.91 Å². The van der Waals surface area contributed by atoms with Crippen LogP contribution in [-0.2, 0) is 6.61 Å². The predicted molar refractivity (Wildman–Crippen MR) is 169 cm³/mol. The van der Waals surface area contributed by atoms with E-state index in [9.17, 15) is 9.59 Å². The highest BCUT2D eigenvalue weighted by Gasteiger charge is 2.25. The number of hydrogen-bond donors (Lipinski definition) is 3. The van der Waals surface area contributed by atoms with E-state index in [1.807, 2.05) is 37.3 Å². The average Bonchev–Trinajstić information content (AvgIpc) is 3.01. The zero-order chi connectivity index (χ0) is 30.2. The highest BCUT2D eigenvalue weighted by atomic mass is 35.5. The van der Waals surface area contributed by atoms with E-state index in [1.165, 1.54) is 27.4 Å². The van der Waals surface area contributed by atoms with Crippen LogP contribution in [0.3, 0.4) is 0 Å². The maximum absolute atomic E-state index is 13.0. The van der Waals surface area contributed by atoms with Gasteiger partial charge in [0.2, 0.25) is 11.7 Å². The van der Waals surface area contributed by atoms with E-state index >= 15 is 0 Å². The molecular formula is C32H33ClN4O6. The Labute approximate surface area is 256 Å². The van der Waals surface area contributed by atoms with Crippen LogP contribution in [0.1, 0.15) is 37.4 Å². The Morgan fingerprint density at radius 3 is 2.12 bits per heavy atom. The number of aryl methyl sites for hydroxylation is 1. The maximum Gasteiger partial charge on any atom is 0.255 e. The summed E-state index contributed by atoms with van der Waals surface area (Å²) in [6.45, 7) is 2.29. The second kappa shape index (κ2) is 14.6. The lowest BCUT2D eigenvalue weighted by Crippen LogP contribution is -2.23. The highest BCUT2D eigenvalue weighted by molar-refractivity contribution is 6.12. The molecule has 0 bridgehead atoms. The first-order chi connectivity index (χ1) is 20.2. The first kappa shape index (κ1) is 32.3. The number of rotatable bonds is 11. The highest BCUT2D eigenvalue weighted by Crippen LogP contribution is 2.42. The smallest absolute Gasteiger partial charge is 0.255 e. The van der Waals surface area contributed by atoms with Crippen molar-refractivity contribution < 1.29 is 28.5 Å². The van der Waals surface area contributed by atoms with Crippen LogP contribution in [0.15, 0.2) is 83.9 Å². The summed E-state index contributed by atoms with van der Waals surface area (Å²) in [6.07, 6.45) is 0. The van der Waals surface area contributed by atoms with Gasteiger partial charge < -0.3 is 35.7 Å². The van der Waals surface area contributed by atoms with Crippen LogP contribution >= 0.6 is 12.4 Å². The number of nitrogens with one attached hydrogen (secondary N) is 1. The fourth-order valence-corrected chi connectivity index (χ4v) is 4.25. The third-order valence-electron chi connectivity index (χ3n) is 6.44. The molecule has 0 saturated heterocycles. The largest absolute Gasteiger partial charge is 0.493 e. The van der Waals surface area contributed by atoms with Gasteiger partial charge in [-0.1, -0.05) is 36.4 Å². The molecule has 43 heavy (non-hydrogen) atoms. The van der Waals surface area contributed by atoms with Crippen molar-refractivity contribution in [2.45, 2.75) is 13.5 Å². The van der Waals surface area contributed by atoms with Crippen molar-refractivity contribution in [3.8, 4) is 23.0 Å². The van der Waals surface area contributed by atoms with Gasteiger partial charge >= 0.3 is 0 Å². The normalized spacial score (nSPS) is 10.7. The molecule has 0 radical (unpaired) electrons. The number of halogens is 1. The molecule has 0 saturated carbocycles. The molecule has 224 valence electrons. The van der Waals surface area contributed by atoms with Gasteiger partial charge in [-0.25, -0.2) is 4.99 Å². The van der Waals surface area contributed by atoms with Gasteiger partial charge in [0.25, 0.3) is 5.91 Å². The molecule has 4 rings (SSSR count). The molecule has 0 aromatic heterocycles. The summed E-state index contributed by atoms with van der Waals surface area (Å²) in [4.78, 5) is 29.8. The lowest BCUT2D eigenvalue weighted by atomic mass is 10.0. The number of nitrogens with zero attached hydrogens (tertiary/aromatic N) is 1. The van der Waals surface area contributed by atoms with Crippen molar-refractivity contribution >= 4 is 41.4 Å². The van der Waals surface area contributed by atoms with E-state index in [2.05, 4.69) is 10.3 Å². The lowest BCUT2D eigenvalue weighted by molar-refractivity contribution is 0.0996. The molecule has 0 spiro atoms. The number of methoxy groups -OCH3 is 3. The fraction of sp³-hybridized carbons (Fsp3) is 0.156. The molecule has 0 aliphatic rings. The summed E-state index contributed by atoms with van der Waals surface area (Å²) in [5.41, 5.74) is 15.5. The molecule has 4 aromatic carbocycles. The zero-order valence-electron chi connectivity index (χ0n) is 24.2. The van der Waals surface area contributed by atoms with Crippen LogP contribution in [-0.4, -0.2) is 39.0 Å². The molecule has 0 heterocycles. The van der Waals surface area contributed by atoms with Gasteiger partial charge in [0, 0.05) is 11.3 Å². The molecule has 11 heteroatoms. The first-order valence-electron chi connectivity index (χ1n) is 12.9. The van der Waals surface area contributed by atoms with Crippen molar-refractivity contribution in [2.75, 3.05) is 26.6 Å². The van der Waals surface area contributed by atoms with Gasteiger partial charge in [-0.3, -0.25) is 9.59 Å². The molecular weight excluding hydrogens is 572 g/mol. The zero-order valence-corrected chi connectivity index (χ0v) is 25.0. The molecule has 0 aliphatic carbocycles. The molecule has 2 amide bonds. The Kier molecular flexibility index (Phi) is 11.0. The summed E-state index contributed by atoms with van der Waals surface area (Å²) in [5.74, 6) is 0.161. The van der Waals surface area contributed by atoms with Gasteiger partial charge in [-0.15, -0.1) is 12.4 Å². The second-order valence-electron chi connectivity index (χ2n) is 9.18. The van der Waals surface area contributed by atoms with Gasteiger partial charge in [-0.2, -0.15) is 0 Å². The number of carbonyl (C=O) groups is 2. The molecule has 4 aromatic rings. The van der Waals surface area contributed by atoms with E-state index in [0.29, 0.717) is 29.3 Å². The molecule has 0 atom stereocenters. The fourth-order valence-electron chi connectivity index (χ4n) is 4.25.